The Bertz CT molecular complexity index is 1150. The van der Waals surface area contributed by atoms with Gasteiger partial charge >= 0.3 is 5.97 Å². The van der Waals surface area contributed by atoms with Crippen molar-refractivity contribution < 1.29 is 17.9 Å². The molecule has 0 spiro atoms. The second-order valence-corrected chi connectivity index (χ2v) is 10.0. The molecule has 2 aromatic rings. The normalized spacial score (nSPS) is 22.5. The fourth-order valence-corrected chi connectivity index (χ4v) is 5.72. The summed E-state index contributed by atoms with van der Waals surface area (Å²) in [5.74, 6) is -0.255. The number of halogens is 2. The number of ether oxygens (including phenoxy) is 1. The molecule has 146 valence electrons. The van der Waals surface area contributed by atoms with E-state index < -0.39 is 15.8 Å². The van der Waals surface area contributed by atoms with Crippen LogP contribution in [0.1, 0.15) is 29.3 Å². The molecule has 1 unspecified atom stereocenters. The average Bonchev–Trinajstić information content (AvgIpc) is 3.27. The molecule has 0 saturated carbocycles. The number of carbonyl (C=O) groups excluding carboxylic acids is 1. The van der Waals surface area contributed by atoms with Crippen molar-refractivity contribution in [3.05, 3.63) is 56.4 Å². The third-order valence-corrected chi connectivity index (χ3v) is 7.45. The predicted octanol–water partition coefficient (Wildman–Crippen LogP) is 3.31. The summed E-state index contributed by atoms with van der Waals surface area (Å²) >= 11 is 9.87. The van der Waals surface area contributed by atoms with E-state index in [9.17, 15) is 13.2 Å². The zero-order chi connectivity index (χ0) is 20.1. The highest BCUT2D eigenvalue weighted by Crippen LogP contribution is 2.32. The van der Waals surface area contributed by atoms with Crippen LogP contribution in [0, 0.1) is 6.92 Å². The maximum absolute atomic E-state index is 12.3. The highest BCUT2D eigenvalue weighted by Gasteiger charge is 2.32. The largest absolute Gasteiger partial charge is 0.402 e. The van der Waals surface area contributed by atoms with Crippen molar-refractivity contribution in [2.45, 2.75) is 19.4 Å². The van der Waals surface area contributed by atoms with Gasteiger partial charge in [-0.1, -0.05) is 23.7 Å². The minimum absolute atomic E-state index is 0.0101. The van der Waals surface area contributed by atoms with Crippen molar-refractivity contribution in [2.75, 3.05) is 11.5 Å². The number of aromatic nitrogens is 2. The number of esters is 1. The molecule has 2 aliphatic rings. The van der Waals surface area contributed by atoms with Crippen LogP contribution in [0.4, 0.5) is 0 Å². The standard InChI is InChI=1S/C18H15BrClN3O4S/c1-10-13(16(20)23(22-10)11-6-7-28(25,26)9-11)8-15-18(24)27-17(21-15)12-4-2-3-5-14(12)19/h2-5,8,11H,6-7,9H2,1H3/b15-8-. The Hall–Kier alpha value is -1.97. The molecule has 2 aliphatic heterocycles. The first kappa shape index (κ1) is 19.4. The molecular weight excluding hydrogens is 470 g/mol. The number of hydrogen-bond acceptors (Lipinski definition) is 6. The molecular formula is C18H15BrClN3O4S. The van der Waals surface area contributed by atoms with E-state index in [1.54, 1.807) is 13.0 Å². The van der Waals surface area contributed by atoms with Crippen molar-refractivity contribution in [3.8, 4) is 0 Å². The Balaban J connectivity index is 1.70. The lowest BCUT2D eigenvalue weighted by atomic mass is 10.2. The fraction of sp³-hybridized carbons (Fsp3) is 0.278. The molecule has 10 heteroatoms. The summed E-state index contributed by atoms with van der Waals surface area (Å²) in [5.41, 5.74) is 1.87. The van der Waals surface area contributed by atoms with Crippen LogP contribution in [0.3, 0.4) is 0 Å². The molecule has 0 N–H and O–H groups in total. The van der Waals surface area contributed by atoms with Crippen molar-refractivity contribution in [3.63, 3.8) is 0 Å². The maximum atomic E-state index is 12.3. The summed E-state index contributed by atoms with van der Waals surface area (Å²) in [5, 5.41) is 4.67. The summed E-state index contributed by atoms with van der Waals surface area (Å²) < 4.78 is 31.1. The molecule has 1 aromatic heterocycles. The third kappa shape index (κ3) is 3.54. The Labute approximate surface area is 175 Å². The van der Waals surface area contributed by atoms with E-state index in [1.807, 2.05) is 18.2 Å². The van der Waals surface area contributed by atoms with E-state index in [4.69, 9.17) is 16.3 Å². The highest BCUT2D eigenvalue weighted by molar-refractivity contribution is 9.10. The van der Waals surface area contributed by atoms with Crippen LogP contribution < -0.4 is 0 Å². The van der Waals surface area contributed by atoms with Gasteiger partial charge in [0.05, 0.1) is 28.8 Å². The van der Waals surface area contributed by atoms with Gasteiger partial charge in [-0.05, 0) is 47.5 Å². The van der Waals surface area contributed by atoms with E-state index in [0.29, 0.717) is 23.2 Å². The van der Waals surface area contributed by atoms with E-state index in [0.717, 1.165) is 4.47 Å². The first-order valence-electron chi connectivity index (χ1n) is 8.47. The molecule has 1 aromatic carbocycles. The van der Waals surface area contributed by atoms with Crippen molar-refractivity contribution in [2.24, 2.45) is 4.99 Å². The number of nitrogens with zero attached hydrogens (tertiary/aromatic N) is 3. The molecule has 7 nitrogen and oxygen atoms in total. The molecule has 3 heterocycles. The Morgan fingerprint density at radius 2 is 2.11 bits per heavy atom. The fourth-order valence-electron chi connectivity index (χ4n) is 3.20. The minimum atomic E-state index is -3.07. The SMILES string of the molecule is Cc1nn(C2CCS(=O)(=O)C2)c(Cl)c1/C=C1\N=C(c2ccccc2Br)OC1=O. The van der Waals surface area contributed by atoms with Gasteiger partial charge in [0.25, 0.3) is 0 Å². The molecule has 0 bridgehead atoms. The van der Waals surface area contributed by atoms with Gasteiger partial charge in [0, 0.05) is 10.0 Å². The minimum Gasteiger partial charge on any atom is -0.402 e. The molecule has 4 rings (SSSR count). The van der Waals surface area contributed by atoms with Gasteiger partial charge in [0.2, 0.25) is 5.90 Å². The first-order chi connectivity index (χ1) is 13.2. The molecule has 1 fully saturated rings. The monoisotopic (exact) mass is 483 g/mol. The lowest BCUT2D eigenvalue weighted by Crippen LogP contribution is -2.12. The van der Waals surface area contributed by atoms with E-state index in [-0.39, 0.29) is 34.3 Å². The lowest BCUT2D eigenvalue weighted by Gasteiger charge is -2.09. The van der Waals surface area contributed by atoms with Crippen molar-refractivity contribution >= 4 is 55.3 Å². The summed E-state index contributed by atoms with van der Waals surface area (Å²) in [6, 6.07) is 6.98. The number of aryl methyl sites for hydroxylation is 1. The van der Waals surface area contributed by atoms with Crippen LogP contribution in [0.15, 0.2) is 39.4 Å². The second-order valence-electron chi connectivity index (χ2n) is 6.61. The Kier molecular flexibility index (Phi) is 4.93. The molecule has 0 radical (unpaired) electrons. The number of rotatable bonds is 3. The van der Waals surface area contributed by atoms with Gasteiger partial charge < -0.3 is 4.74 Å². The maximum Gasteiger partial charge on any atom is 0.363 e. The second kappa shape index (κ2) is 7.13. The van der Waals surface area contributed by atoms with Crippen LogP contribution in [0.25, 0.3) is 6.08 Å². The first-order valence-corrected chi connectivity index (χ1v) is 11.5. The van der Waals surface area contributed by atoms with Gasteiger partial charge in [-0.15, -0.1) is 0 Å². The molecule has 1 atom stereocenters. The highest BCUT2D eigenvalue weighted by atomic mass is 79.9. The molecule has 1 saturated heterocycles. The van der Waals surface area contributed by atoms with Gasteiger partial charge in [0.1, 0.15) is 5.15 Å². The average molecular weight is 485 g/mol. The summed E-state index contributed by atoms with van der Waals surface area (Å²) in [6.45, 7) is 1.75. The summed E-state index contributed by atoms with van der Waals surface area (Å²) in [6.07, 6.45) is 1.99. The number of benzene rings is 1. The number of aliphatic imine (C=N–C) groups is 1. The van der Waals surface area contributed by atoms with Crippen molar-refractivity contribution in [1.29, 1.82) is 0 Å². The van der Waals surface area contributed by atoms with E-state index in [2.05, 4.69) is 26.0 Å². The van der Waals surface area contributed by atoms with E-state index in [1.165, 1.54) is 10.8 Å². The van der Waals surface area contributed by atoms with Crippen LogP contribution >= 0.6 is 27.5 Å². The Morgan fingerprint density at radius 3 is 2.79 bits per heavy atom. The quantitative estimate of drug-likeness (QED) is 0.492. The lowest BCUT2D eigenvalue weighted by molar-refractivity contribution is -0.129. The van der Waals surface area contributed by atoms with Crippen LogP contribution in [0.5, 0.6) is 0 Å². The van der Waals surface area contributed by atoms with Crippen LogP contribution in [0.2, 0.25) is 5.15 Å². The predicted molar refractivity (Wildman–Crippen MR) is 109 cm³/mol. The van der Waals surface area contributed by atoms with Gasteiger partial charge in [-0.3, -0.25) is 0 Å². The van der Waals surface area contributed by atoms with Crippen LogP contribution in [-0.2, 0) is 19.4 Å². The topological polar surface area (TPSA) is 90.6 Å². The van der Waals surface area contributed by atoms with Gasteiger partial charge in [0.15, 0.2) is 15.5 Å². The Morgan fingerprint density at radius 1 is 1.36 bits per heavy atom. The summed E-state index contributed by atoms with van der Waals surface area (Å²) in [7, 11) is -3.07. The number of cyclic esters (lactones) is 1. The third-order valence-electron chi connectivity index (χ3n) is 4.63. The van der Waals surface area contributed by atoms with Crippen LogP contribution in [-0.4, -0.2) is 41.6 Å². The zero-order valence-corrected chi connectivity index (χ0v) is 17.9. The number of sulfone groups is 1. The summed E-state index contributed by atoms with van der Waals surface area (Å²) in [4.78, 5) is 16.6. The van der Waals surface area contributed by atoms with Gasteiger partial charge in [-0.25, -0.2) is 22.9 Å². The number of hydrogen-bond donors (Lipinski definition) is 0. The number of carbonyl (C=O) groups is 1. The molecule has 0 aliphatic carbocycles. The van der Waals surface area contributed by atoms with Crippen molar-refractivity contribution in [1.82, 2.24) is 9.78 Å². The van der Waals surface area contributed by atoms with Gasteiger partial charge in [-0.2, -0.15) is 5.10 Å². The molecule has 0 amide bonds. The zero-order valence-electron chi connectivity index (χ0n) is 14.7. The smallest absolute Gasteiger partial charge is 0.363 e. The molecule has 28 heavy (non-hydrogen) atoms. The van der Waals surface area contributed by atoms with E-state index >= 15 is 0 Å².